The van der Waals surface area contributed by atoms with Crippen LogP contribution >= 0.6 is 23.2 Å². The maximum Gasteiger partial charge on any atom is 0.256 e. The second-order valence-corrected chi connectivity index (χ2v) is 9.45. The van der Waals surface area contributed by atoms with Crippen LogP contribution in [0.25, 0.3) is 0 Å². The molecule has 34 heavy (non-hydrogen) atoms. The third-order valence-electron chi connectivity index (χ3n) is 6.61. The number of amides is 1. The van der Waals surface area contributed by atoms with Gasteiger partial charge in [0.15, 0.2) is 5.54 Å². The fourth-order valence-electron chi connectivity index (χ4n) is 5.14. The van der Waals surface area contributed by atoms with Crippen molar-refractivity contribution in [2.75, 3.05) is 5.32 Å². The van der Waals surface area contributed by atoms with E-state index < -0.39 is 23.4 Å². The van der Waals surface area contributed by atoms with Crippen molar-refractivity contribution < 1.29 is 14.5 Å². The first-order valence-electron chi connectivity index (χ1n) is 10.8. The third kappa shape index (κ3) is 3.60. The topological polar surface area (TPSA) is 93.5 Å². The first-order valence-corrected chi connectivity index (χ1v) is 11.6. The Labute approximate surface area is 206 Å². The van der Waals surface area contributed by atoms with Crippen LogP contribution in [0.2, 0.25) is 10.0 Å². The van der Waals surface area contributed by atoms with Crippen LogP contribution in [0.4, 0.5) is 5.69 Å². The van der Waals surface area contributed by atoms with Crippen molar-refractivity contribution in [1.29, 1.82) is 0 Å². The van der Waals surface area contributed by atoms with Gasteiger partial charge >= 0.3 is 0 Å². The molecule has 1 fully saturated rings. The van der Waals surface area contributed by atoms with E-state index in [1.54, 1.807) is 54.6 Å². The molecule has 0 aliphatic carbocycles. The zero-order valence-electron chi connectivity index (χ0n) is 18.1. The second kappa shape index (κ2) is 8.58. The number of ether oxygens (including phenoxy) is 1. The minimum Gasteiger partial charge on any atom is -0.487 e. The highest BCUT2D eigenvalue weighted by molar-refractivity contribution is 6.32. The molecular formula is C25H21Cl2N3O4. The van der Waals surface area contributed by atoms with E-state index in [0.29, 0.717) is 39.2 Å². The number of carbonyl (C=O) groups is 1. The molecule has 3 aromatic rings. The number of hydrogen-bond acceptors (Lipinski definition) is 5. The highest BCUT2D eigenvalue weighted by Gasteiger charge is 2.67. The van der Waals surface area contributed by atoms with Gasteiger partial charge in [-0.3, -0.25) is 20.2 Å². The van der Waals surface area contributed by atoms with Crippen LogP contribution in [0, 0.1) is 10.1 Å². The van der Waals surface area contributed by atoms with Gasteiger partial charge in [-0.05, 0) is 48.4 Å². The maximum absolute atomic E-state index is 13.1. The van der Waals surface area contributed by atoms with Gasteiger partial charge in [0.1, 0.15) is 12.4 Å². The molecule has 0 bridgehead atoms. The number of nitrogens with zero attached hydrogens (tertiary/aromatic N) is 1. The van der Waals surface area contributed by atoms with Crippen LogP contribution in [0.15, 0.2) is 66.7 Å². The number of hydrogen-bond donors (Lipinski definition) is 2. The molecule has 0 unspecified atom stereocenters. The molecule has 2 aliphatic rings. The first-order chi connectivity index (χ1) is 16.3. The number of nitrogens with one attached hydrogen (secondary N) is 2. The average Bonchev–Trinajstić information content (AvgIpc) is 3.28. The summed E-state index contributed by atoms with van der Waals surface area (Å²) in [5.41, 5.74) is 1.31. The van der Waals surface area contributed by atoms with Crippen LogP contribution in [0.5, 0.6) is 5.75 Å². The van der Waals surface area contributed by atoms with Gasteiger partial charge in [0.2, 0.25) is 0 Å². The van der Waals surface area contributed by atoms with Gasteiger partial charge in [-0.1, -0.05) is 59.6 Å². The Hall–Kier alpha value is -3.13. The van der Waals surface area contributed by atoms with Gasteiger partial charge in [0.25, 0.3) is 11.9 Å². The molecular weight excluding hydrogens is 477 g/mol. The molecule has 5 rings (SSSR count). The summed E-state index contributed by atoms with van der Waals surface area (Å²) in [6, 6.07) is 18.0. The molecule has 7 nitrogen and oxygen atoms in total. The Kier molecular flexibility index (Phi) is 5.72. The smallest absolute Gasteiger partial charge is 0.256 e. The number of halogens is 2. The average molecular weight is 498 g/mol. The highest BCUT2D eigenvalue weighted by atomic mass is 35.5. The Bertz CT molecular complexity index is 1280. The predicted molar refractivity (Wildman–Crippen MR) is 130 cm³/mol. The molecule has 1 amide bonds. The minimum atomic E-state index is -1.46. The molecule has 2 heterocycles. The molecule has 3 aromatic carbocycles. The van der Waals surface area contributed by atoms with Crippen molar-refractivity contribution >= 4 is 34.8 Å². The van der Waals surface area contributed by atoms with Crippen molar-refractivity contribution in [3.8, 4) is 5.75 Å². The number of carbonyl (C=O) groups excluding carboxylic acids is 1. The van der Waals surface area contributed by atoms with Crippen LogP contribution < -0.4 is 15.4 Å². The molecule has 0 aromatic heterocycles. The van der Waals surface area contributed by atoms with Crippen molar-refractivity contribution in [2.24, 2.45) is 0 Å². The quantitative estimate of drug-likeness (QED) is 0.375. The Morgan fingerprint density at radius 2 is 1.82 bits per heavy atom. The van der Waals surface area contributed by atoms with Gasteiger partial charge < -0.3 is 10.1 Å². The molecule has 9 heteroatoms. The fraction of sp³-hybridized carbons (Fsp3) is 0.240. The highest BCUT2D eigenvalue weighted by Crippen LogP contribution is 2.50. The molecule has 2 aliphatic heterocycles. The number of benzene rings is 3. The molecule has 174 valence electrons. The van der Waals surface area contributed by atoms with Gasteiger partial charge in [0, 0.05) is 27.2 Å². The SMILES string of the molecule is C[C@@H]1N[C@]2(C(=O)Nc3ccccc32)[C@H]([N+](=O)[O-])[C@@H]1c1ccc(OCc2ccc(Cl)cc2)c(Cl)c1. The van der Waals surface area contributed by atoms with Crippen LogP contribution in [0.3, 0.4) is 0 Å². The van der Waals surface area contributed by atoms with Crippen LogP contribution in [-0.4, -0.2) is 22.9 Å². The summed E-state index contributed by atoms with van der Waals surface area (Å²) in [7, 11) is 0. The molecule has 1 spiro atoms. The molecule has 4 atom stereocenters. The zero-order chi connectivity index (χ0) is 24.0. The Balaban J connectivity index is 1.46. The largest absolute Gasteiger partial charge is 0.487 e. The third-order valence-corrected chi connectivity index (χ3v) is 7.16. The monoisotopic (exact) mass is 497 g/mol. The summed E-state index contributed by atoms with van der Waals surface area (Å²) in [6.45, 7) is 2.15. The minimum absolute atomic E-state index is 0.301. The lowest BCUT2D eigenvalue weighted by molar-refractivity contribution is -0.532. The van der Waals surface area contributed by atoms with E-state index in [0.717, 1.165) is 5.56 Å². The van der Waals surface area contributed by atoms with E-state index in [9.17, 15) is 14.9 Å². The number of nitro groups is 1. The van der Waals surface area contributed by atoms with Crippen molar-refractivity contribution in [3.63, 3.8) is 0 Å². The van der Waals surface area contributed by atoms with E-state index in [1.807, 2.05) is 19.1 Å². The zero-order valence-corrected chi connectivity index (χ0v) is 19.6. The summed E-state index contributed by atoms with van der Waals surface area (Å²) in [5.74, 6) is -0.538. The van der Waals surface area contributed by atoms with Crippen molar-refractivity contribution in [1.82, 2.24) is 5.32 Å². The standard InChI is InChI=1S/C25H21Cl2N3O4/c1-14-22(16-8-11-21(19(27)12-16)34-13-15-6-9-17(26)10-7-15)23(30(32)33)25(29-14)18-4-2-3-5-20(18)28-24(25)31/h2-12,14,22-23,29H,13H2,1H3,(H,28,31)/t14-,22-,23+,25-/m0/s1. The van der Waals surface area contributed by atoms with E-state index in [2.05, 4.69) is 10.6 Å². The second-order valence-electron chi connectivity index (χ2n) is 8.60. The number of anilines is 1. The molecule has 1 saturated heterocycles. The van der Waals surface area contributed by atoms with E-state index >= 15 is 0 Å². The van der Waals surface area contributed by atoms with E-state index in [4.69, 9.17) is 27.9 Å². The summed E-state index contributed by atoms with van der Waals surface area (Å²) in [5, 5.41) is 19.5. The van der Waals surface area contributed by atoms with Crippen LogP contribution in [-0.2, 0) is 16.9 Å². The molecule has 0 saturated carbocycles. The lowest BCUT2D eigenvalue weighted by atomic mass is 9.78. The first kappa shape index (κ1) is 22.7. The predicted octanol–water partition coefficient (Wildman–Crippen LogP) is 5.14. The number of rotatable bonds is 5. The van der Waals surface area contributed by atoms with Gasteiger partial charge in [-0.15, -0.1) is 0 Å². The summed E-state index contributed by atoms with van der Waals surface area (Å²) < 4.78 is 5.85. The maximum atomic E-state index is 13.1. The number of fused-ring (bicyclic) bond motifs is 2. The van der Waals surface area contributed by atoms with Gasteiger partial charge in [0.05, 0.1) is 10.9 Å². The van der Waals surface area contributed by atoms with E-state index in [1.165, 1.54) is 0 Å². The Morgan fingerprint density at radius 3 is 2.53 bits per heavy atom. The summed E-state index contributed by atoms with van der Waals surface area (Å²) in [4.78, 5) is 25.2. The number of para-hydroxylation sites is 1. The lowest BCUT2D eigenvalue weighted by Gasteiger charge is -2.25. The lowest BCUT2D eigenvalue weighted by Crippen LogP contribution is -2.54. The van der Waals surface area contributed by atoms with Gasteiger partial charge in [-0.2, -0.15) is 0 Å². The summed E-state index contributed by atoms with van der Waals surface area (Å²) in [6.07, 6.45) is 0. The van der Waals surface area contributed by atoms with Crippen LogP contribution in [0.1, 0.15) is 29.5 Å². The van der Waals surface area contributed by atoms with Gasteiger partial charge in [-0.25, -0.2) is 0 Å². The normalized spacial score (nSPS) is 25.3. The molecule has 0 radical (unpaired) electrons. The Morgan fingerprint density at radius 1 is 1.09 bits per heavy atom. The summed E-state index contributed by atoms with van der Waals surface area (Å²) >= 11 is 12.4. The fourth-order valence-corrected chi connectivity index (χ4v) is 5.51. The molecule has 2 N–H and O–H groups in total. The van der Waals surface area contributed by atoms with Crippen molar-refractivity contribution in [3.05, 3.63) is 104 Å². The van der Waals surface area contributed by atoms with Crippen molar-refractivity contribution in [2.45, 2.75) is 37.1 Å². The van der Waals surface area contributed by atoms with E-state index in [-0.39, 0.29) is 11.0 Å².